The van der Waals surface area contributed by atoms with E-state index < -0.39 is 0 Å². The van der Waals surface area contributed by atoms with Gasteiger partial charge in [0, 0.05) is 25.0 Å². The number of nitrogens with one attached hydrogen (secondary N) is 2. The molecule has 3 heteroatoms. The van der Waals surface area contributed by atoms with Gasteiger partial charge in [0.2, 0.25) is 5.91 Å². The molecule has 0 fully saturated rings. The molecular weight excluding hydrogens is 200 g/mol. The minimum Gasteiger partial charge on any atom is -0.354 e. The van der Waals surface area contributed by atoms with E-state index in [1.54, 1.807) is 0 Å². The van der Waals surface area contributed by atoms with Crippen molar-refractivity contribution in [2.45, 2.75) is 58.5 Å². The lowest BCUT2D eigenvalue weighted by Crippen LogP contribution is -2.35. The van der Waals surface area contributed by atoms with E-state index >= 15 is 0 Å². The maximum absolute atomic E-state index is 11.4. The van der Waals surface area contributed by atoms with E-state index in [1.807, 2.05) is 13.0 Å². The van der Waals surface area contributed by atoms with Crippen molar-refractivity contribution in [2.24, 2.45) is 0 Å². The molecule has 3 nitrogen and oxygen atoms in total. The van der Waals surface area contributed by atoms with Crippen LogP contribution in [0.4, 0.5) is 0 Å². The summed E-state index contributed by atoms with van der Waals surface area (Å²) in [6.07, 6.45) is 5.56. The molecular formula is C13H26N2O. The Morgan fingerprint density at radius 1 is 1.38 bits per heavy atom. The van der Waals surface area contributed by atoms with Crippen LogP contribution in [0.5, 0.6) is 0 Å². The lowest BCUT2D eigenvalue weighted by Gasteiger charge is -2.14. The Kier molecular flexibility index (Phi) is 8.91. The van der Waals surface area contributed by atoms with Gasteiger partial charge in [-0.1, -0.05) is 13.0 Å². The molecule has 2 atom stereocenters. The van der Waals surface area contributed by atoms with Crippen LogP contribution in [0, 0.1) is 0 Å². The average molecular weight is 226 g/mol. The van der Waals surface area contributed by atoms with E-state index in [1.165, 1.54) is 0 Å². The van der Waals surface area contributed by atoms with Crippen LogP contribution in [0.1, 0.15) is 46.5 Å². The van der Waals surface area contributed by atoms with Crippen LogP contribution >= 0.6 is 0 Å². The molecule has 0 aliphatic carbocycles. The van der Waals surface area contributed by atoms with Crippen LogP contribution in [0.2, 0.25) is 0 Å². The Hall–Kier alpha value is -0.830. The van der Waals surface area contributed by atoms with Crippen LogP contribution in [-0.4, -0.2) is 24.5 Å². The predicted octanol–water partition coefficient (Wildman–Crippen LogP) is 2.24. The molecule has 0 radical (unpaired) electrons. The first-order valence-corrected chi connectivity index (χ1v) is 6.23. The quantitative estimate of drug-likeness (QED) is 0.592. The number of amides is 1. The van der Waals surface area contributed by atoms with Crippen molar-refractivity contribution in [1.29, 1.82) is 0 Å². The zero-order chi connectivity index (χ0) is 12.4. The zero-order valence-electron chi connectivity index (χ0n) is 10.9. The number of carbonyl (C=O) groups excluding carboxylic acids is 1. The van der Waals surface area contributed by atoms with Crippen LogP contribution in [-0.2, 0) is 4.79 Å². The van der Waals surface area contributed by atoms with Gasteiger partial charge in [-0.3, -0.25) is 4.79 Å². The van der Waals surface area contributed by atoms with Crippen molar-refractivity contribution < 1.29 is 4.79 Å². The van der Waals surface area contributed by atoms with Crippen molar-refractivity contribution in [3.63, 3.8) is 0 Å². The summed E-state index contributed by atoms with van der Waals surface area (Å²) in [7, 11) is 0. The third-order valence-electron chi connectivity index (χ3n) is 2.67. The summed E-state index contributed by atoms with van der Waals surface area (Å²) in [5.74, 6) is 0.137. The molecule has 94 valence electrons. The third-order valence-corrected chi connectivity index (χ3v) is 2.67. The molecule has 0 bridgehead atoms. The first-order valence-electron chi connectivity index (χ1n) is 6.23. The van der Waals surface area contributed by atoms with Crippen LogP contribution in [0.25, 0.3) is 0 Å². The molecule has 0 rings (SSSR count). The minimum absolute atomic E-state index is 0.137. The van der Waals surface area contributed by atoms with Crippen molar-refractivity contribution in [3.8, 4) is 0 Å². The molecule has 0 aromatic carbocycles. The van der Waals surface area contributed by atoms with Gasteiger partial charge in [-0.2, -0.15) is 0 Å². The predicted molar refractivity (Wildman–Crippen MR) is 69.4 cm³/mol. The molecule has 0 saturated carbocycles. The molecule has 0 heterocycles. The highest BCUT2D eigenvalue weighted by Crippen LogP contribution is 1.96. The second kappa shape index (κ2) is 9.40. The summed E-state index contributed by atoms with van der Waals surface area (Å²) in [6, 6.07) is 0.736. The molecule has 0 aromatic heterocycles. The molecule has 2 N–H and O–H groups in total. The number of carbonyl (C=O) groups is 1. The van der Waals surface area contributed by atoms with Gasteiger partial charge in [-0.05, 0) is 33.1 Å². The Labute approximate surface area is 99.7 Å². The molecule has 16 heavy (non-hydrogen) atoms. The Morgan fingerprint density at radius 3 is 2.62 bits per heavy atom. The topological polar surface area (TPSA) is 41.1 Å². The Bertz CT molecular complexity index is 204. The first-order chi connectivity index (χ1) is 7.60. The lowest BCUT2D eigenvalue weighted by molar-refractivity contribution is -0.121. The van der Waals surface area contributed by atoms with Gasteiger partial charge in [0.15, 0.2) is 0 Å². The first kappa shape index (κ1) is 15.2. The molecule has 0 aliphatic rings. The van der Waals surface area contributed by atoms with Crippen molar-refractivity contribution in [2.75, 3.05) is 6.54 Å². The molecule has 0 aliphatic heterocycles. The van der Waals surface area contributed by atoms with Crippen molar-refractivity contribution >= 4 is 5.91 Å². The Morgan fingerprint density at radius 2 is 2.06 bits per heavy atom. The number of allylic oxidation sites excluding steroid dienone is 1. The number of rotatable bonds is 9. The van der Waals surface area contributed by atoms with Gasteiger partial charge < -0.3 is 10.6 Å². The van der Waals surface area contributed by atoms with Crippen molar-refractivity contribution in [1.82, 2.24) is 10.6 Å². The molecule has 0 aromatic rings. The lowest BCUT2D eigenvalue weighted by atomic mass is 10.2. The van der Waals surface area contributed by atoms with Gasteiger partial charge in [-0.25, -0.2) is 0 Å². The average Bonchev–Trinajstić information content (AvgIpc) is 2.26. The minimum atomic E-state index is 0.137. The molecule has 0 spiro atoms. The monoisotopic (exact) mass is 226 g/mol. The second-order valence-corrected chi connectivity index (χ2v) is 4.35. The van der Waals surface area contributed by atoms with E-state index in [-0.39, 0.29) is 11.9 Å². The number of hydrogen-bond acceptors (Lipinski definition) is 2. The maximum atomic E-state index is 11.4. The van der Waals surface area contributed by atoms with E-state index in [0.29, 0.717) is 12.5 Å². The number of hydrogen-bond donors (Lipinski definition) is 2. The van der Waals surface area contributed by atoms with Gasteiger partial charge >= 0.3 is 0 Å². The summed E-state index contributed by atoms with van der Waals surface area (Å²) in [4.78, 5) is 11.4. The second-order valence-electron chi connectivity index (χ2n) is 4.35. The normalized spacial score (nSPS) is 14.2. The van der Waals surface area contributed by atoms with Crippen molar-refractivity contribution in [3.05, 3.63) is 12.7 Å². The maximum Gasteiger partial charge on any atom is 0.221 e. The smallest absolute Gasteiger partial charge is 0.221 e. The van der Waals surface area contributed by atoms with Gasteiger partial charge in [0.05, 0.1) is 0 Å². The van der Waals surface area contributed by atoms with Gasteiger partial charge in [0.25, 0.3) is 0 Å². The van der Waals surface area contributed by atoms with E-state index in [4.69, 9.17) is 0 Å². The fraction of sp³-hybridized carbons (Fsp3) is 0.769. The van der Waals surface area contributed by atoms with E-state index in [2.05, 4.69) is 31.1 Å². The summed E-state index contributed by atoms with van der Waals surface area (Å²) in [6.45, 7) is 10.7. The SMILES string of the molecule is C=CCCC(C)NCCC(=O)NC(C)CC. The van der Waals surface area contributed by atoms with Crippen LogP contribution in [0.3, 0.4) is 0 Å². The van der Waals surface area contributed by atoms with Crippen LogP contribution in [0.15, 0.2) is 12.7 Å². The third kappa shape index (κ3) is 8.48. The van der Waals surface area contributed by atoms with E-state index in [9.17, 15) is 4.79 Å². The highest BCUT2D eigenvalue weighted by Gasteiger charge is 2.05. The summed E-state index contributed by atoms with van der Waals surface area (Å²) in [5, 5.41) is 6.28. The molecule has 2 unspecified atom stereocenters. The zero-order valence-corrected chi connectivity index (χ0v) is 10.9. The van der Waals surface area contributed by atoms with Crippen LogP contribution < -0.4 is 10.6 Å². The highest BCUT2D eigenvalue weighted by atomic mass is 16.1. The Balaban J connectivity index is 3.49. The summed E-state index contributed by atoms with van der Waals surface area (Å²) >= 11 is 0. The van der Waals surface area contributed by atoms with E-state index in [0.717, 1.165) is 25.8 Å². The standard InChI is InChI=1S/C13H26N2O/c1-5-7-8-12(4)14-10-9-13(16)15-11(3)6-2/h5,11-12,14H,1,6-10H2,2-4H3,(H,15,16). The fourth-order valence-electron chi connectivity index (χ4n) is 1.35. The molecule has 1 amide bonds. The van der Waals surface area contributed by atoms with Gasteiger partial charge in [-0.15, -0.1) is 6.58 Å². The summed E-state index contributed by atoms with van der Waals surface area (Å²) < 4.78 is 0. The molecule has 0 saturated heterocycles. The van der Waals surface area contributed by atoms with Gasteiger partial charge in [0.1, 0.15) is 0 Å². The summed E-state index contributed by atoms with van der Waals surface area (Å²) in [5.41, 5.74) is 0. The highest BCUT2D eigenvalue weighted by molar-refractivity contribution is 5.76. The largest absolute Gasteiger partial charge is 0.354 e. The fourth-order valence-corrected chi connectivity index (χ4v) is 1.35.